The summed E-state index contributed by atoms with van der Waals surface area (Å²) in [6, 6.07) is 16.6. The zero-order valence-corrected chi connectivity index (χ0v) is 17.6. The molecule has 3 rings (SSSR count). The molecule has 3 aromatic rings. The molecule has 1 amide bonds. The Balaban J connectivity index is 1.83. The lowest BCUT2D eigenvalue weighted by Gasteiger charge is -2.26. The summed E-state index contributed by atoms with van der Waals surface area (Å²) in [5, 5.41) is 0. The fraction of sp³-hybridized carbons (Fsp3) is 0.208. The molecule has 2 N–H and O–H groups in total. The van der Waals surface area contributed by atoms with Crippen LogP contribution < -0.4 is 15.4 Å². The van der Waals surface area contributed by atoms with Crippen LogP contribution in [0.4, 0.5) is 32.0 Å². The van der Waals surface area contributed by atoms with Gasteiger partial charge in [0.15, 0.2) is 0 Å². The smallest absolute Gasteiger partial charge is 0.406 e. The van der Waals surface area contributed by atoms with Crippen molar-refractivity contribution in [2.45, 2.75) is 25.0 Å². The molecule has 34 heavy (non-hydrogen) atoms. The van der Waals surface area contributed by atoms with E-state index in [0.29, 0.717) is 11.1 Å². The summed E-state index contributed by atoms with van der Waals surface area (Å²) in [5.41, 5.74) is 6.67. The molecule has 0 aromatic heterocycles. The van der Waals surface area contributed by atoms with Crippen molar-refractivity contribution >= 4 is 11.6 Å². The first-order chi connectivity index (χ1) is 15.9. The number of halogens is 6. The van der Waals surface area contributed by atoms with Crippen LogP contribution in [0.5, 0.6) is 5.75 Å². The van der Waals surface area contributed by atoms with E-state index in [0.717, 1.165) is 24.3 Å². The minimum Gasteiger partial charge on any atom is -0.406 e. The summed E-state index contributed by atoms with van der Waals surface area (Å²) in [6.45, 7) is 0.0320. The van der Waals surface area contributed by atoms with Gasteiger partial charge in [-0.25, -0.2) is 0 Å². The van der Waals surface area contributed by atoms with Crippen LogP contribution in [0.3, 0.4) is 0 Å². The summed E-state index contributed by atoms with van der Waals surface area (Å²) in [5.74, 6) is -0.985. The minimum absolute atomic E-state index is 0.0320. The van der Waals surface area contributed by atoms with E-state index in [1.165, 1.54) is 29.2 Å². The van der Waals surface area contributed by atoms with Gasteiger partial charge < -0.3 is 15.4 Å². The highest BCUT2D eigenvalue weighted by Gasteiger charge is 2.32. The number of hydrogen-bond donors (Lipinski definition) is 1. The number of alkyl halides is 6. The first-order valence-corrected chi connectivity index (χ1v) is 10.1. The molecular formula is C24H20F6N2O2. The van der Waals surface area contributed by atoms with Crippen LogP contribution in [0.1, 0.15) is 22.7 Å². The molecule has 1 unspecified atom stereocenters. The van der Waals surface area contributed by atoms with Crippen LogP contribution in [-0.4, -0.2) is 18.8 Å². The van der Waals surface area contributed by atoms with Crippen molar-refractivity contribution in [3.05, 3.63) is 95.6 Å². The number of carbonyl (C=O) groups excluding carboxylic acids is 1. The summed E-state index contributed by atoms with van der Waals surface area (Å²) in [4.78, 5) is 14.5. The summed E-state index contributed by atoms with van der Waals surface area (Å²) >= 11 is 0. The Morgan fingerprint density at radius 3 is 1.97 bits per heavy atom. The largest absolute Gasteiger partial charge is 0.573 e. The molecule has 0 spiro atoms. The molecule has 0 fully saturated rings. The number of nitrogens with zero attached hydrogens (tertiary/aromatic N) is 1. The van der Waals surface area contributed by atoms with Gasteiger partial charge >= 0.3 is 12.5 Å². The lowest BCUT2D eigenvalue weighted by atomic mass is 10.0. The molecule has 0 aliphatic heterocycles. The summed E-state index contributed by atoms with van der Waals surface area (Å²) in [6.07, 6.45) is -9.15. The Kier molecular flexibility index (Phi) is 7.51. The van der Waals surface area contributed by atoms with Crippen LogP contribution in [0.25, 0.3) is 0 Å². The Labute approximate surface area is 191 Å². The zero-order valence-electron chi connectivity index (χ0n) is 17.6. The van der Waals surface area contributed by atoms with Crippen molar-refractivity contribution in [3.8, 4) is 5.75 Å². The highest BCUT2D eigenvalue weighted by Crippen LogP contribution is 2.30. The number of ether oxygens (including phenoxy) is 1. The van der Waals surface area contributed by atoms with Gasteiger partial charge in [-0.2, -0.15) is 13.2 Å². The third kappa shape index (κ3) is 6.74. The SMILES string of the molecule is NC(C(=O)N(CCc1ccc(C(F)(F)F)cc1)c1ccc(OC(F)(F)F)cc1)c1ccccc1. The fourth-order valence-corrected chi connectivity index (χ4v) is 3.27. The van der Waals surface area contributed by atoms with Crippen molar-refractivity contribution in [1.29, 1.82) is 0 Å². The second-order valence-electron chi connectivity index (χ2n) is 7.36. The van der Waals surface area contributed by atoms with E-state index in [9.17, 15) is 31.1 Å². The van der Waals surface area contributed by atoms with Crippen molar-refractivity contribution in [1.82, 2.24) is 0 Å². The second-order valence-corrected chi connectivity index (χ2v) is 7.36. The number of carbonyl (C=O) groups is 1. The van der Waals surface area contributed by atoms with Crippen LogP contribution in [0.2, 0.25) is 0 Å². The van der Waals surface area contributed by atoms with E-state index < -0.39 is 35.8 Å². The second kappa shape index (κ2) is 10.2. The molecule has 1 atom stereocenters. The van der Waals surface area contributed by atoms with Gasteiger partial charge in [0, 0.05) is 12.2 Å². The number of rotatable bonds is 7. The van der Waals surface area contributed by atoms with Crippen LogP contribution in [0.15, 0.2) is 78.9 Å². The molecule has 0 aliphatic rings. The Hall–Kier alpha value is -3.53. The number of anilines is 1. The summed E-state index contributed by atoms with van der Waals surface area (Å²) < 4.78 is 79.6. The van der Waals surface area contributed by atoms with Gasteiger partial charge in [-0.1, -0.05) is 42.5 Å². The highest BCUT2D eigenvalue weighted by molar-refractivity contribution is 5.97. The molecule has 0 saturated carbocycles. The van der Waals surface area contributed by atoms with E-state index in [-0.39, 0.29) is 18.7 Å². The topological polar surface area (TPSA) is 55.6 Å². The van der Waals surface area contributed by atoms with Gasteiger partial charge in [-0.15, -0.1) is 13.2 Å². The van der Waals surface area contributed by atoms with Crippen molar-refractivity contribution in [2.75, 3.05) is 11.4 Å². The van der Waals surface area contributed by atoms with Gasteiger partial charge in [-0.3, -0.25) is 4.79 Å². The van der Waals surface area contributed by atoms with E-state index in [4.69, 9.17) is 5.73 Å². The standard InChI is InChI=1S/C24H20F6N2O2/c25-23(26,27)18-8-6-16(7-9-18)14-15-32(22(33)21(31)17-4-2-1-3-5-17)19-10-12-20(13-11-19)34-24(28,29)30/h1-13,21H,14-15,31H2. The molecule has 180 valence electrons. The Bertz CT molecular complexity index is 1080. The quantitative estimate of drug-likeness (QED) is 0.428. The highest BCUT2D eigenvalue weighted by atomic mass is 19.4. The first kappa shape index (κ1) is 25.1. The monoisotopic (exact) mass is 482 g/mol. The van der Waals surface area contributed by atoms with Crippen LogP contribution >= 0.6 is 0 Å². The van der Waals surface area contributed by atoms with Crippen LogP contribution in [-0.2, 0) is 17.4 Å². The van der Waals surface area contributed by atoms with Gasteiger partial charge in [0.2, 0.25) is 5.91 Å². The van der Waals surface area contributed by atoms with Gasteiger partial charge in [0.25, 0.3) is 0 Å². The van der Waals surface area contributed by atoms with Crippen molar-refractivity contribution in [2.24, 2.45) is 5.73 Å². The predicted molar refractivity (Wildman–Crippen MR) is 114 cm³/mol. The number of benzene rings is 3. The first-order valence-electron chi connectivity index (χ1n) is 10.1. The Morgan fingerprint density at radius 1 is 0.853 bits per heavy atom. The molecule has 0 heterocycles. The number of amides is 1. The molecular weight excluding hydrogens is 462 g/mol. The molecule has 0 saturated heterocycles. The Morgan fingerprint density at radius 2 is 1.44 bits per heavy atom. The average molecular weight is 482 g/mol. The maximum atomic E-state index is 13.2. The van der Waals surface area contributed by atoms with E-state index in [1.54, 1.807) is 30.3 Å². The molecule has 10 heteroatoms. The van der Waals surface area contributed by atoms with E-state index >= 15 is 0 Å². The van der Waals surface area contributed by atoms with Crippen LogP contribution in [0, 0.1) is 0 Å². The molecule has 3 aromatic carbocycles. The number of hydrogen-bond acceptors (Lipinski definition) is 3. The third-order valence-corrected chi connectivity index (χ3v) is 4.98. The third-order valence-electron chi connectivity index (χ3n) is 4.98. The molecule has 4 nitrogen and oxygen atoms in total. The maximum Gasteiger partial charge on any atom is 0.573 e. The maximum absolute atomic E-state index is 13.2. The molecule has 0 radical (unpaired) electrons. The molecule has 0 aliphatic carbocycles. The predicted octanol–water partition coefficient (Wildman–Crippen LogP) is 5.88. The van der Waals surface area contributed by atoms with Gasteiger partial charge in [0.05, 0.1) is 5.56 Å². The summed E-state index contributed by atoms with van der Waals surface area (Å²) in [7, 11) is 0. The van der Waals surface area contributed by atoms with Gasteiger partial charge in [-0.05, 0) is 53.9 Å². The normalized spacial score (nSPS) is 12.8. The van der Waals surface area contributed by atoms with Gasteiger partial charge in [0.1, 0.15) is 11.8 Å². The lowest BCUT2D eigenvalue weighted by Crippen LogP contribution is -2.40. The lowest BCUT2D eigenvalue weighted by molar-refractivity contribution is -0.274. The minimum atomic E-state index is -4.87. The fourth-order valence-electron chi connectivity index (χ4n) is 3.27. The van der Waals surface area contributed by atoms with Crippen molar-refractivity contribution in [3.63, 3.8) is 0 Å². The average Bonchev–Trinajstić information content (AvgIpc) is 2.79. The van der Waals surface area contributed by atoms with E-state index in [1.807, 2.05) is 0 Å². The van der Waals surface area contributed by atoms with E-state index in [2.05, 4.69) is 4.74 Å². The molecule has 0 bridgehead atoms. The number of nitrogens with two attached hydrogens (primary N) is 1. The zero-order chi connectivity index (χ0) is 24.9. The van der Waals surface area contributed by atoms with Crippen molar-refractivity contribution < 1.29 is 35.9 Å².